The second kappa shape index (κ2) is 11.3. The van der Waals surface area contributed by atoms with E-state index < -0.39 is 6.04 Å². The van der Waals surface area contributed by atoms with Crippen molar-refractivity contribution in [1.82, 2.24) is 4.90 Å². The summed E-state index contributed by atoms with van der Waals surface area (Å²) in [5.74, 6) is 2.24. The molecule has 196 valence electrons. The molecule has 3 aromatic carbocycles. The summed E-state index contributed by atoms with van der Waals surface area (Å²) in [5, 5.41) is 0. The highest BCUT2D eigenvalue weighted by Crippen LogP contribution is 2.41. The summed E-state index contributed by atoms with van der Waals surface area (Å²) in [7, 11) is 7.66. The lowest BCUT2D eigenvalue weighted by molar-refractivity contribution is 0.0588. The summed E-state index contributed by atoms with van der Waals surface area (Å²) in [6, 6.07) is 12.4. The highest BCUT2D eigenvalue weighted by molar-refractivity contribution is 5.96. The smallest absolute Gasteiger partial charge is 0.254 e. The Morgan fingerprint density at radius 2 is 1.43 bits per heavy atom. The highest BCUT2D eigenvalue weighted by atomic mass is 19.1. The van der Waals surface area contributed by atoms with E-state index in [1.165, 1.54) is 33.5 Å². The fraction of sp³-hybridized carbons (Fsp3) is 0.321. The molecule has 0 aliphatic carbocycles. The molecular formula is C28H30FNO7. The lowest BCUT2D eigenvalue weighted by Crippen LogP contribution is -2.42. The van der Waals surface area contributed by atoms with Crippen molar-refractivity contribution in [2.45, 2.75) is 12.5 Å². The molecule has 0 radical (unpaired) electrons. The van der Waals surface area contributed by atoms with Crippen LogP contribution in [0.2, 0.25) is 0 Å². The molecule has 0 unspecified atom stereocenters. The summed E-state index contributed by atoms with van der Waals surface area (Å²) in [5.41, 5.74) is 2.29. The van der Waals surface area contributed by atoms with E-state index in [9.17, 15) is 9.18 Å². The Bertz CT molecular complexity index is 1240. The van der Waals surface area contributed by atoms with E-state index in [4.69, 9.17) is 28.4 Å². The van der Waals surface area contributed by atoms with Crippen molar-refractivity contribution in [3.8, 4) is 34.5 Å². The maximum Gasteiger partial charge on any atom is 0.254 e. The summed E-state index contributed by atoms with van der Waals surface area (Å²) in [6.45, 7) is 0.583. The number of hydrogen-bond donors (Lipinski definition) is 0. The third-order valence-corrected chi connectivity index (χ3v) is 6.40. The van der Waals surface area contributed by atoms with E-state index >= 15 is 0 Å². The number of amides is 1. The summed E-state index contributed by atoms with van der Waals surface area (Å²) in [6.07, 6.45) is 0.610. The van der Waals surface area contributed by atoms with Gasteiger partial charge in [-0.2, -0.15) is 0 Å². The molecule has 0 aromatic heterocycles. The molecule has 1 heterocycles. The molecule has 4 rings (SSSR count). The van der Waals surface area contributed by atoms with E-state index in [1.54, 1.807) is 43.4 Å². The van der Waals surface area contributed by atoms with Gasteiger partial charge in [-0.25, -0.2) is 4.39 Å². The van der Waals surface area contributed by atoms with Gasteiger partial charge >= 0.3 is 0 Å². The van der Waals surface area contributed by atoms with E-state index in [1.807, 2.05) is 12.1 Å². The van der Waals surface area contributed by atoms with Crippen molar-refractivity contribution in [3.63, 3.8) is 0 Å². The van der Waals surface area contributed by atoms with Crippen molar-refractivity contribution < 1.29 is 37.6 Å². The normalized spacial score (nSPS) is 14.4. The SMILES string of the molecule is COc1cc2c(cc1OC)[C@H](COc1ccc(F)cc1)N(C(=O)c1cc(OC)c(OC)c(OC)c1)CC2. The first-order valence-corrected chi connectivity index (χ1v) is 11.7. The van der Waals surface area contributed by atoms with Crippen molar-refractivity contribution >= 4 is 5.91 Å². The predicted octanol–water partition coefficient (Wildman–Crippen LogP) is 4.69. The van der Waals surface area contributed by atoms with Crippen LogP contribution in [0.5, 0.6) is 34.5 Å². The van der Waals surface area contributed by atoms with E-state index in [-0.39, 0.29) is 18.3 Å². The van der Waals surface area contributed by atoms with Gasteiger partial charge < -0.3 is 33.3 Å². The van der Waals surface area contributed by atoms with Crippen LogP contribution < -0.4 is 28.4 Å². The van der Waals surface area contributed by atoms with E-state index in [0.717, 1.165) is 11.1 Å². The largest absolute Gasteiger partial charge is 0.493 e. The van der Waals surface area contributed by atoms with E-state index in [2.05, 4.69) is 0 Å². The standard InChI is InChI=1S/C28H30FNO7/c1-32-23-12-17-10-11-30(28(31)18-13-25(34-3)27(36-5)26(14-18)35-4)22(21(17)15-24(23)33-2)16-37-20-8-6-19(29)7-9-20/h6-9,12-15,22H,10-11,16H2,1-5H3/t22-/m0/s1. The molecule has 1 aliphatic heterocycles. The van der Waals surface area contributed by atoms with Crippen LogP contribution in [0.25, 0.3) is 0 Å². The van der Waals surface area contributed by atoms with Crippen LogP contribution >= 0.6 is 0 Å². The minimum absolute atomic E-state index is 0.143. The van der Waals surface area contributed by atoms with Gasteiger partial charge in [0.1, 0.15) is 18.2 Å². The van der Waals surface area contributed by atoms with Crippen LogP contribution in [-0.4, -0.2) is 59.5 Å². The molecular weight excluding hydrogens is 481 g/mol. The number of carbonyl (C=O) groups is 1. The Morgan fingerprint density at radius 3 is 2.00 bits per heavy atom. The summed E-state index contributed by atoms with van der Waals surface area (Å²) in [4.78, 5) is 15.7. The molecule has 0 fully saturated rings. The molecule has 1 amide bonds. The maximum atomic E-state index is 13.9. The fourth-order valence-electron chi connectivity index (χ4n) is 4.53. The van der Waals surface area contributed by atoms with Crippen LogP contribution in [0.1, 0.15) is 27.5 Å². The molecule has 8 nitrogen and oxygen atoms in total. The third-order valence-electron chi connectivity index (χ3n) is 6.40. The van der Waals surface area contributed by atoms with Crippen molar-refractivity contribution in [3.05, 3.63) is 71.0 Å². The molecule has 1 atom stereocenters. The molecule has 37 heavy (non-hydrogen) atoms. The van der Waals surface area contributed by atoms with Gasteiger partial charge in [0.25, 0.3) is 5.91 Å². The van der Waals surface area contributed by atoms with Gasteiger partial charge in [0.2, 0.25) is 5.75 Å². The molecule has 0 saturated carbocycles. The quantitative estimate of drug-likeness (QED) is 0.413. The topological polar surface area (TPSA) is 75.7 Å². The number of nitrogens with zero attached hydrogens (tertiary/aromatic N) is 1. The summed E-state index contributed by atoms with van der Waals surface area (Å²) < 4.78 is 46.7. The van der Waals surface area contributed by atoms with Crippen molar-refractivity contribution in [1.29, 1.82) is 0 Å². The van der Waals surface area contributed by atoms with Gasteiger partial charge in [0.05, 0.1) is 41.6 Å². The first kappa shape index (κ1) is 25.9. The Morgan fingerprint density at radius 1 is 0.838 bits per heavy atom. The number of rotatable bonds is 9. The van der Waals surface area contributed by atoms with Crippen LogP contribution in [0.15, 0.2) is 48.5 Å². The number of hydrogen-bond acceptors (Lipinski definition) is 7. The molecule has 3 aromatic rings. The first-order chi connectivity index (χ1) is 17.9. The Kier molecular flexibility index (Phi) is 7.91. The predicted molar refractivity (Wildman–Crippen MR) is 135 cm³/mol. The average Bonchev–Trinajstić information content (AvgIpc) is 2.94. The zero-order valence-corrected chi connectivity index (χ0v) is 21.5. The van der Waals surface area contributed by atoms with Crippen LogP contribution in [0.4, 0.5) is 4.39 Å². The third kappa shape index (κ3) is 5.21. The van der Waals surface area contributed by atoms with Crippen LogP contribution in [0.3, 0.4) is 0 Å². The summed E-state index contributed by atoms with van der Waals surface area (Å²) >= 11 is 0. The maximum absolute atomic E-state index is 13.9. The molecule has 1 aliphatic rings. The fourth-order valence-corrected chi connectivity index (χ4v) is 4.53. The average molecular weight is 512 g/mol. The molecule has 0 spiro atoms. The molecule has 0 N–H and O–H groups in total. The van der Waals surface area contributed by atoms with Crippen LogP contribution in [-0.2, 0) is 6.42 Å². The minimum atomic E-state index is -0.458. The Balaban J connectivity index is 1.74. The van der Waals surface area contributed by atoms with Gasteiger partial charge in [0, 0.05) is 12.1 Å². The zero-order valence-electron chi connectivity index (χ0n) is 21.5. The van der Waals surface area contributed by atoms with Crippen LogP contribution in [0, 0.1) is 5.82 Å². The highest BCUT2D eigenvalue weighted by Gasteiger charge is 2.34. The number of methoxy groups -OCH3 is 5. The number of carbonyl (C=O) groups excluding carboxylic acids is 1. The molecule has 9 heteroatoms. The number of benzene rings is 3. The second-order valence-electron chi connectivity index (χ2n) is 8.35. The Labute approximate surface area is 215 Å². The number of fused-ring (bicyclic) bond motifs is 1. The minimum Gasteiger partial charge on any atom is -0.493 e. The molecule has 0 saturated heterocycles. The van der Waals surface area contributed by atoms with Gasteiger partial charge in [-0.3, -0.25) is 4.79 Å². The second-order valence-corrected chi connectivity index (χ2v) is 8.35. The number of halogens is 1. The van der Waals surface area contributed by atoms with E-state index in [0.29, 0.717) is 53.0 Å². The van der Waals surface area contributed by atoms with Gasteiger partial charge in [-0.1, -0.05) is 0 Å². The lowest BCUT2D eigenvalue weighted by atomic mass is 9.91. The van der Waals surface area contributed by atoms with Gasteiger partial charge in [0.15, 0.2) is 23.0 Å². The Hall–Kier alpha value is -4.14. The van der Waals surface area contributed by atoms with Gasteiger partial charge in [-0.15, -0.1) is 0 Å². The van der Waals surface area contributed by atoms with Crippen molar-refractivity contribution in [2.24, 2.45) is 0 Å². The molecule has 0 bridgehead atoms. The zero-order chi connectivity index (χ0) is 26.5. The lowest BCUT2D eigenvalue weighted by Gasteiger charge is -2.37. The van der Waals surface area contributed by atoms with Gasteiger partial charge in [-0.05, 0) is 66.1 Å². The first-order valence-electron chi connectivity index (χ1n) is 11.7. The van der Waals surface area contributed by atoms with Crippen molar-refractivity contribution in [2.75, 3.05) is 48.7 Å². The number of ether oxygens (including phenoxy) is 6. The monoisotopic (exact) mass is 511 g/mol.